The summed E-state index contributed by atoms with van der Waals surface area (Å²) >= 11 is 0. The number of aliphatic carboxylic acids is 1. The highest BCUT2D eigenvalue weighted by Crippen LogP contribution is 2.04. The van der Waals surface area contributed by atoms with E-state index in [-0.39, 0.29) is 6.29 Å². The Balaban J connectivity index is 4.57. The second kappa shape index (κ2) is 8.55. The van der Waals surface area contributed by atoms with Crippen LogP contribution in [0.5, 0.6) is 0 Å². The lowest BCUT2D eigenvalue weighted by molar-refractivity contribution is -0.141. The van der Waals surface area contributed by atoms with Crippen LogP contribution in [0.4, 0.5) is 0 Å². The van der Waals surface area contributed by atoms with Gasteiger partial charge in [0.1, 0.15) is 36.7 Å². The molecule has 0 aromatic rings. The van der Waals surface area contributed by atoms with Crippen LogP contribution in [0.1, 0.15) is 6.42 Å². The van der Waals surface area contributed by atoms with Gasteiger partial charge in [-0.3, -0.25) is 9.59 Å². The fourth-order valence-corrected chi connectivity index (χ4v) is 1.28. The molecule has 1 amide bonds. The third kappa shape index (κ3) is 5.59. The third-order valence-corrected chi connectivity index (χ3v) is 2.50. The van der Waals surface area contributed by atoms with E-state index in [1.54, 1.807) is 0 Å². The van der Waals surface area contributed by atoms with Gasteiger partial charge < -0.3 is 41.4 Å². The minimum Gasteiger partial charge on any atom is -0.480 e. The van der Waals surface area contributed by atoms with Crippen molar-refractivity contribution in [1.82, 2.24) is 5.32 Å². The van der Waals surface area contributed by atoms with Crippen LogP contribution in [-0.2, 0) is 14.4 Å². The van der Waals surface area contributed by atoms with Gasteiger partial charge in [0.05, 0.1) is 13.0 Å². The van der Waals surface area contributed by atoms with Crippen molar-refractivity contribution in [3.05, 3.63) is 0 Å². The smallest absolute Gasteiger partial charge is 0.321 e. The van der Waals surface area contributed by atoms with Crippen LogP contribution in [0.15, 0.2) is 0 Å². The molecular formula is C10H18N2O8. The molecule has 0 aromatic heterocycles. The van der Waals surface area contributed by atoms with Gasteiger partial charge >= 0.3 is 5.97 Å². The van der Waals surface area contributed by atoms with E-state index in [0.29, 0.717) is 0 Å². The first kappa shape index (κ1) is 18.4. The number of nitrogens with two attached hydrogens (primary N) is 1. The van der Waals surface area contributed by atoms with Gasteiger partial charge in [-0.05, 0) is 0 Å². The molecule has 0 bridgehead atoms. The molecule has 0 heterocycles. The molecule has 0 aliphatic rings. The lowest BCUT2D eigenvalue weighted by Gasteiger charge is -2.26. The standard InChI is InChI=1S/C10H18N2O8/c11-4(10(19)20)1-7(16)12-5(2-13)8(17)9(18)6(15)3-14/h2,4-6,8-9,14-15,17-18H,1,3,11H2,(H,12,16)(H,19,20)/t4-,5-,6+,8+,9+/m0/s1. The van der Waals surface area contributed by atoms with Crippen LogP contribution in [0, 0.1) is 0 Å². The summed E-state index contributed by atoms with van der Waals surface area (Å²) in [5, 5.41) is 47.1. The minimum absolute atomic E-state index is 0.0994. The monoisotopic (exact) mass is 294 g/mol. The molecule has 0 unspecified atom stereocenters. The number of rotatable bonds is 9. The highest BCUT2D eigenvalue weighted by atomic mass is 16.4. The van der Waals surface area contributed by atoms with E-state index in [1.807, 2.05) is 5.32 Å². The molecule has 10 heteroatoms. The average molecular weight is 294 g/mol. The van der Waals surface area contributed by atoms with Crippen LogP contribution in [0.3, 0.4) is 0 Å². The molecule has 0 radical (unpaired) electrons. The zero-order chi connectivity index (χ0) is 15.9. The van der Waals surface area contributed by atoms with Gasteiger partial charge in [-0.2, -0.15) is 0 Å². The molecule has 0 spiro atoms. The summed E-state index contributed by atoms with van der Waals surface area (Å²) in [4.78, 5) is 32.6. The van der Waals surface area contributed by atoms with Crippen LogP contribution < -0.4 is 11.1 Å². The summed E-state index contributed by atoms with van der Waals surface area (Å²) in [6.07, 6.45) is -5.98. The first-order valence-corrected chi connectivity index (χ1v) is 5.62. The molecule has 0 aromatic carbocycles. The Hall–Kier alpha value is -1.59. The first-order valence-electron chi connectivity index (χ1n) is 5.62. The van der Waals surface area contributed by atoms with E-state index < -0.39 is 55.3 Å². The lowest BCUT2D eigenvalue weighted by Crippen LogP contribution is -2.54. The fraction of sp³-hybridized carbons (Fsp3) is 0.700. The maximum atomic E-state index is 11.4. The van der Waals surface area contributed by atoms with Gasteiger partial charge in [0.2, 0.25) is 5.91 Å². The lowest BCUT2D eigenvalue weighted by atomic mass is 10.0. The quantitative estimate of drug-likeness (QED) is 0.205. The predicted molar refractivity (Wildman–Crippen MR) is 63.3 cm³/mol. The molecule has 10 nitrogen and oxygen atoms in total. The van der Waals surface area contributed by atoms with Gasteiger partial charge in [0.15, 0.2) is 0 Å². The van der Waals surface area contributed by atoms with Crippen LogP contribution >= 0.6 is 0 Å². The number of hydrogen-bond donors (Lipinski definition) is 7. The summed E-state index contributed by atoms with van der Waals surface area (Å²) in [6.45, 7) is -0.859. The molecule has 0 saturated heterocycles. The Morgan fingerprint density at radius 3 is 2.15 bits per heavy atom. The third-order valence-electron chi connectivity index (χ3n) is 2.50. The Morgan fingerprint density at radius 1 is 1.20 bits per heavy atom. The summed E-state index contributed by atoms with van der Waals surface area (Å²) in [7, 11) is 0. The molecule has 0 aliphatic carbocycles. The average Bonchev–Trinajstić information content (AvgIpc) is 2.41. The largest absolute Gasteiger partial charge is 0.480 e. The van der Waals surface area contributed by atoms with Crippen molar-refractivity contribution in [2.24, 2.45) is 5.73 Å². The van der Waals surface area contributed by atoms with Crippen molar-refractivity contribution in [2.75, 3.05) is 6.61 Å². The predicted octanol–water partition coefficient (Wildman–Crippen LogP) is -4.45. The number of carboxylic acid groups (broad SMARTS) is 1. The van der Waals surface area contributed by atoms with E-state index in [9.17, 15) is 24.6 Å². The van der Waals surface area contributed by atoms with Gasteiger partial charge in [0, 0.05) is 0 Å². The molecule has 0 saturated carbocycles. The van der Waals surface area contributed by atoms with Crippen LogP contribution in [-0.4, -0.2) is 80.7 Å². The molecule has 20 heavy (non-hydrogen) atoms. The van der Waals surface area contributed by atoms with Gasteiger partial charge in [-0.15, -0.1) is 0 Å². The molecule has 8 N–H and O–H groups in total. The Labute approximate surface area is 113 Å². The second-order valence-electron chi connectivity index (χ2n) is 4.11. The van der Waals surface area contributed by atoms with Crippen molar-refractivity contribution in [3.8, 4) is 0 Å². The number of nitrogens with one attached hydrogen (secondary N) is 1. The summed E-state index contributed by atoms with van der Waals surface area (Å²) in [6, 6.07) is -3.06. The van der Waals surface area contributed by atoms with E-state index in [4.69, 9.17) is 21.1 Å². The summed E-state index contributed by atoms with van der Waals surface area (Å²) < 4.78 is 0. The Kier molecular flexibility index (Phi) is 7.87. The van der Waals surface area contributed by atoms with Crippen LogP contribution in [0.2, 0.25) is 0 Å². The highest BCUT2D eigenvalue weighted by Gasteiger charge is 2.32. The first-order chi connectivity index (χ1) is 9.24. The number of carboxylic acids is 1. The van der Waals surface area contributed by atoms with E-state index in [0.717, 1.165) is 0 Å². The van der Waals surface area contributed by atoms with E-state index in [1.165, 1.54) is 0 Å². The number of carbonyl (C=O) groups is 3. The number of aliphatic hydroxyl groups is 4. The van der Waals surface area contributed by atoms with Crippen molar-refractivity contribution < 1.29 is 39.9 Å². The molecular weight excluding hydrogens is 276 g/mol. The molecule has 0 rings (SSSR count). The van der Waals surface area contributed by atoms with Crippen molar-refractivity contribution in [3.63, 3.8) is 0 Å². The van der Waals surface area contributed by atoms with Crippen molar-refractivity contribution in [1.29, 1.82) is 0 Å². The van der Waals surface area contributed by atoms with Gasteiger partial charge in [0.25, 0.3) is 0 Å². The molecule has 0 aliphatic heterocycles. The number of amides is 1. The van der Waals surface area contributed by atoms with Gasteiger partial charge in [-0.25, -0.2) is 0 Å². The maximum Gasteiger partial charge on any atom is 0.321 e. The van der Waals surface area contributed by atoms with E-state index >= 15 is 0 Å². The number of aliphatic hydroxyl groups excluding tert-OH is 4. The fourth-order valence-electron chi connectivity index (χ4n) is 1.28. The van der Waals surface area contributed by atoms with Crippen LogP contribution in [0.25, 0.3) is 0 Å². The molecule has 5 atom stereocenters. The molecule has 116 valence electrons. The topological polar surface area (TPSA) is 190 Å². The van der Waals surface area contributed by atoms with Gasteiger partial charge in [-0.1, -0.05) is 0 Å². The second-order valence-corrected chi connectivity index (χ2v) is 4.11. The maximum absolute atomic E-state index is 11.4. The summed E-state index contributed by atoms with van der Waals surface area (Å²) in [5.74, 6) is -2.35. The zero-order valence-corrected chi connectivity index (χ0v) is 10.4. The van der Waals surface area contributed by atoms with E-state index in [2.05, 4.69) is 0 Å². The minimum atomic E-state index is -1.88. The zero-order valence-electron chi connectivity index (χ0n) is 10.4. The SMILES string of the molecule is N[C@@H](CC(=O)N[C@@H](C=O)[C@@H](O)[C@H](O)[C@H](O)CO)C(=O)O. The number of carbonyl (C=O) groups excluding carboxylic acids is 2. The Morgan fingerprint density at radius 2 is 1.75 bits per heavy atom. The number of hydrogen-bond acceptors (Lipinski definition) is 8. The van der Waals surface area contributed by atoms with Crippen molar-refractivity contribution in [2.45, 2.75) is 36.8 Å². The number of aldehydes is 1. The Bertz CT molecular complexity index is 350. The normalized spacial score (nSPS) is 18.4. The molecule has 0 fully saturated rings. The highest BCUT2D eigenvalue weighted by molar-refractivity contribution is 5.85. The summed E-state index contributed by atoms with van der Waals surface area (Å²) in [5.41, 5.74) is 5.11. The van der Waals surface area contributed by atoms with Crippen molar-refractivity contribution >= 4 is 18.2 Å².